The van der Waals surface area contributed by atoms with Crippen molar-refractivity contribution in [2.75, 3.05) is 0 Å². The zero-order valence-corrected chi connectivity index (χ0v) is 14.3. The second kappa shape index (κ2) is 25.6. The monoisotopic (exact) mass is 674 g/mol. The van der Waals surface area contributed by atoms with E-state index in [1.54, 1.807) is 0 Å². The molecule has 0 aromatic rings. The molecule has 5 heavy (non-hydrogen) atoms. The molecule has 32 valence electrons. The molecule has 0 nitrogen and oxygen atoms in total. The van der Waals surface area contributed by atoms with Crippen molar-refractivity contribution >= 4 is 50.1 Å². The van der Waals surface area contributed by atoms with E-state index in [2.05, 4.69) is 0 Å². The van der Waals surface area contributed by atoms with Crippen LogP contribution in [0, 0.1) is 0 Å². The van der Waals surface area contributed by atoms with Gasteiger partial charge in [0.1, 0.15) is 0 Å². The molecule has 8 radical (unpaired) electrons. The van der Waals surface area contributed by atoms with Crippen LogP contribution in [0.5, 0.6) is 0 Å². The first-order valence-electron chi connectivity index (χ1n) is 0. The second-order valence-corrected chi connectivity index (χ2v) is 0. The van der Waals surface area contributed by atoms with Crippen molar-refractivity contribution in [3.8, 4) is 0 Å². The summed E-state index contributed by atoms with van der Waals surface area (Å²) in [5.41, 5.74) is 0. The van der Waals surface area contributed by atoms with E-state index >= 15 is 0 Å². The van der Waals surface area contributed by atoms with Crippen LogP contribution in [0.1, 0.15) is 0 Å². The van der Waals surface area contributed by atoms with E-state index in [1.165, 1.54) is 0 Å². The maximum atomic E-state index is 0. The van der Waals surface area contributed by atoms with Gasteiger partial charge in [-0.3, -0.25) is 0 Å². The Balaban J connectivity index is 0. The minimum atomic E-state index is 0. The van der Waals surface area contributed by atoms with E-state index in [-0.39, 0.29) is 109 Å². The van der Waals surface area contributed by atoms with Crippen LogP contribution in [0.3, 0.4) is 0 Å². The molecule has 0 fully saturated rings. The number of hydrogen-bond acceptors (Lipinski definition) is 0. The molecule has 0 aliphatic heterocycles. The van der Waals surface area contributed by atoms with Crippen LogP contribution in [-0.4, -0.2) is 50.1 Å². The van der Waals surface area contributed by atoms with E-state index in [4.69, 9.17) is 0 Å². The fourth-order valence-corrected chi connectivity index (χ4v) is 0. The second-order valence-electron chi connectivity index (χ2n) is 0. The molecule has 0 atom stereocenters. The zero-order valence-electron chi connectivity index (χ0n) is 2.07. The van der Waals surface area contributed by atoms with Gasteiger partial charge in [-0.2, -0.15) is 0 Å². The van der Waals surface area contributed by atoms with Crippen molar-refractivity contribution in [2.45, 2.75) is 0 Å². The van der Waals surface area contributed by atoms with Crippen LogP contribution in [-0.2, 0) is 59.2 Å². The first-order valence-corrected chi connectivity index (χ1v) is 0. The van der Waals surface area contributed by atoms with Crippen molar-refractivity contribution in [3.05, 3.63) is 0 Å². The Morgan fingerprint density at radius 3 is 1.00 bits per heavy atom. The van der Waals surface area contributed by atoms with Gasteiger partial charge in [0, 0.05) is 109 Å². The molecule has 0 rings (SSSR count). The van der Waals surface area contributed by atoms with Gasteiger partial charge in [0.25, 0.3) is 0 Å². The van der Waals surface area contributed by atoms with Gasteiger partial charge in [0.05, 0.1) is 0 Å². The van der Waals surface area contributed by atoms with E-state index in [0.29, 0.717) is 0 Å². The summed E-state index contributed by atoms with van der Waals surface area (Å²) in [6.45, 7) is 0. The molecule has 0 heterocycles. The third kappa shape index (κ3) is 18.4. The van der Waals surface area contributed by atoms with Gasteiger partial charge in [0.15, 0.2) is 0 Å². The predicted octanol–water partition coefficient (Wildman–Crippen LogP) is -0.769. The first kappa shape index (κ1) is 38.5. The maximum absolute atomic E-state index is 0. The zero-order chi connectivity index (χ0) is 0. The summed E-state index contributed by atoms with van der Waals surface area (Å²) in [7, 11) is 0. The van der Waals surface area contributed by atoms with Crippen LogP contribution in [0.4, 0.5) is 0 Å². The van der Waals surface area contributed by atoms with E-state index in [9.17, 15) is 0 Å². The number of rotatable bonds is 0. The molecule has 0 saturated heterocycles. The van der Waals surface area contributed by atoms with Crippen LogP contribution >= 0.6 is 0 Å². The Morgan fingerprint density at radius 2 is 1.00 bits per heavy atom. The van der Waals surface area contributed by atoms with Crippen LogP contribution in [0.2, 0.25) is 0 Å². The van der Waals surface area contributed by atoms with Crippen molar-refractivity contribution in [1.29, 1.82) is 0 Å². The molecule has 5 heteroatoms. The summed E-state index contributed by atoms with van der Waals surface area (Å²) in [5, 5.41) is 0. The van der Waals surface area contributed by atoms with Gasteiger partial charge in [-0.15, -0.1) is 0 Å². The topological polar surface area (TPSA) is 0 Å². The summed E-state index contributed by atoms with van der Waals surface area (Å²) in [5.74, 6) is 0. The van der Waals surface area contributed by atoms with Gasteiger partial charge in [-0.25, -0.2) is 0 Å². The summed E-state index contributed by atoms with van der Waals surface area (Å²) in [6.07, 6.45) is 0. The maximum Gasteiger partial charge on any atom is 0 e. The molecule has 0 bridgehead atoms. The Hall–Kier alpha value is 3.58. The minimum Gasteiger partial charge on any atom is 0 e. The molecular weight excluding hydrogens is 671 g/mol. The standard InChI is InChI=1S/Bi.Cu.Mo.Sn.W. The predicted molar refractivity (Wildman–Crippen MR) is 11.5 cm³/mol. The van der Waals surface area contributed by atoms with Gasteiger partial charge in [-0.05, 0) is 0 Å². The Bertz CT molecular complexity index is 11.6. The molecular formula is BiCuMoSnW. The van der Waals surface area contributed by atoms with Crippen LogP contribution < -0.4 is 0 Å². The van der Waals surface area contributed by atoms with Gasteiger partial charge in [-0.1, -0.05) is 0 Å². The molecule has 0 amide bonds. The third-order valence-electron chi connectivity index (χ3n) is 0. The summed E-state index contributed by atoms with van der Waals surface area (Å²) in [4.78, 5) is 0. The quantitative estimate of drug-likeness (QED) is 0.298. The van der Waals surface area contributed by atoms with Crippen molar-refractivity contribution < 1.29 is 59.2 Å². The number of hydrogen-bond donors (Lipinski definition) is 0. The SMILES string of the molecule is [Bi].[Cu].[Mo].[Sn].[W]. The molecule has 0 aromatic carbocycles. The largest absolute Gasteiger partial charge is 0 e. The van der Waals surface area contributed by atoms with Gasteiger partial charge in [0.2, 0.25) is 0 Å². The van der Waals surface area contributed by atoms with Crippen molar-refractivity contribution in [3.63, 3.8) is 0 Å². The smallest absolute Gasteiger partial charge is 0 e. The van der Waals surface area contributed by atoms with E-state index in [1.807, 2.05) is 0 Å². The molecule has 0 spiro atoms. The van der Waals surface area contributed by atoms with Gasteiger partial charge >= 0.3 is 0 Å². The summed E-state index contributed by atoms with van der Waals surface area (Å²) in [6, 6.07) is 0. The summed E-state index contributed by atoms with van der Waals surface area (Å²) < 4.78 is 0. The van der Waals surface area contributed by atoms with Gasteiger partial charge < -0.3 is 0 Å². The fourth-order valence-electron chi connectivity index (χ4n) is 0. The molecule has 0 aromatic heterocycles. The summed E-state index contributed by atoms with van der Waals surface area (Å²) >= 11 is 0. The molecule has 0 saturated carbocycles. The third-order valence-corrected chi connectivity index (χ3v) is 0. The molecule has 0 aliphatic rings. The van der Waals surface area contributed by atoms with E-state index in [0.717, 1.165) is 0 Å². The Morgan fingerprint density at radius 1 is 1.00 bits per heavy atom. The van der Waals surface area contributed by atoms with Crippen molar-refractivity contribution in [1.82, 2.24) is 0 Å². The molecule has 0 N–H and O–H groups in total. The molecule has 0 aliphatic carbocycles. The van der Waals surface area contributed by atoms with Crippen molar-refractivity contribution in [2.24, 2.45) is 0 Å². The van der Waals surface area contributed by atoms with E-state index < -0.39 is 0 Å². The van der Waals surface area contributed by atoms with Crippen LogP contribution in [0.25, 0.3) is 0 Å². The minimum absolute atomic E-state index is 0. The first-order chi connectivity index (χ1) is 0. The normalized spacial score (nSPS) is 0. The van der Waals surface area contributed by atoms with Crippen LogP contribution in [0.15, 0.2) is 0 Å². The average molecular weight is 671 g/mol. The Kier molecular flexibility index (Phi) is 197. The fraction of sp³-hybridized carbons (Fsp3) is 0. The Labute approximate surface area is 107 Å². The average Bonchev–Trinajstić information content (AvgIpc) is 0. The molecule has 0 unspecified atom stereocenters.